The lowest BCUT2D eigenvalue weighted by Gasteiger charge is -2.18. The van der Waals surface area contributed by atoms with E-state index < -0.39 is 6.10 Å². The summed E-state index contributed by atoms with van der Waals surface area (Å²) in [5.74, 6) is -0.868. The maximum absolute atomic E-state index is 12.8. The molecule has 0 amide bonds. The van der Waals surface area contributed by atoms with Crippen molar-refractivity contribution < 1.29 is 28.6 Å². The third kappa shape index (κ3) is 54.4. The highest BCUT2D eigenvalue weighted by atomic mass is 16.6. The first-order valence-corrected chi connectivity index (χ1v) is 29.5. The lowest BCUT2D eigenvalue weighted by molar-refractivity contribution is -0.167. The highest BCUT2D eigenvalue weighted by molar-refractivity contribution is 5.71. The van der Waals surface area contributed by atoms with Gasteiger partial charge in [-0.15, -0.1) is 0 Å². The zero-order valence-corrected chi connectivity index (χ0v) is 44.9. The van der Waals surface area contributed by atoms with Crippen molar-refractivity contribution in [1.29, 1.82) is 0 Å². The molecular formula is C61H112O6. The van der Waals surface area contributed by atoms with Gasteiger partial charge in [-0.3, -0.25) is 14.4 Å². The van der Waals surface area contributed by atoms with Gasteiger partial charge in [-0.2, -0.15) is 0 Å². The first-order valence-electron chi connectivity index (χ1n) is 29.5. The molecule has 67 heavy (non-hydrogen) atoms. The Morgan fingerprint density at radius 3 is 0.866 bits per heavy atom. The number of hydrogen-bond acceptors (Lipinski definition) is 6. The quantitative estimate of drug-likeness (QED) is 0.0262. The molecule has 0 rings (SSSR count). The summed E-state index contributed by atoms with van der Waals surface area (Å²) in [5.41, 5.74) is 0. The molecule has 0 heterocycles. The van der Waals surface area contributed by atoms with Crippen LogP contribution < -0.4 is 0 Å². The number of allylic oxidation sites excluding steroid dienone is 6. The first-order chi connectivity index (χ1) is 33.0. The number of rotatable bonds is 54. The predicted molar refractivity (Wildman–Crippen MR) is 289 cm³/mol. The second-order valence-corrected chi connectivity index (χ2v) is 19.9. The highest BCUT2D eigenvalue weighted by Gasteiger charge is 2.19. The number of ether oxygens (including phenoxy) is 3. The maximum Gasteiger partial charge on any atom is 0.306 e. The normalized spacial score (nSPS) is 12.2. The average Bonchev–Trinajstić information content (AvgIpc) is 3.33. The fourth-order valence-corrected chi connectivity index (χ4v) is 8.65. The molecule has 0 aliphatic heterocycles. The minimum atomic E-state index is -0.773. The Balaban J connectivity index is 4.21. The molecule has 0 saturated carbocycles. The monoisotopic (exact) mass is 941 g/mol. The van der Waals surface area contributed by atoms with Crippen molar-refractivity contribution >= 4 is 17.9 Å². The molecule has 0 aromatic rings. The Morgan fingerprint density at radius 2 is 0.537 bits per heavy atom. The van der Waals surface area contributed by atoms with Crippen LogP contribution in [0.5, 0.6) is 0 Å². The Kier molecular flexibility index (Phi) is 54.2. The molecule has 6 nitrogen and oxygen atoms in total. The number of unbranched alkanes of at least 4 members (excludes halogenated alkanes) is 37. The van der Waals surface area contributed by atoms with Gasteiger partial charge in [0.15, 0.2) is 6.10 Å². The standard InChI is InChI=1S/C61H112O6/c1-4-7-10-13-16-19-21-23-25-27-28-29-30-31-32-34-35-37-39-42-45-48-51-54-60(63)66-57-58(56-65-59(62)53-50-47-44-41-18-15-12-9-6-3)67-61(64)55-52-49-46-43-40-38-36-33-26-24-22-20-17-14-11-8-5-2/h17,20,24,26-28,58H,4-16,18-19,21-23,25,29-57H2,1-3H3/b20-17-,26-24-,28-27-. The van der Waals surface area contributed by atoms with Crippen molar-refractivity contribution in [2.24, 2.45) is 0 Å². The van der Waals surface area contributed by atoms with Crippen molar-refractivity contribution in [2.75, 3.05) is 13.2 Å². The van der Waals surface area contributed by atoms with Gasteiger partial charge in [0.1, 0.15) is 13.2 Å². The molecule has 0 aliphatic rings. The van der Waals surface area contributed by atoms with E-state index in [9.17, 15) is 14.4 Å². The summed E-state index contributed by atoms with van der Waals surface area (Å²) in [6, 6.07) is 0. The Hall–Kier alpha value is -2.37. The summed E-state index contributed by atoms with van der Waals surface area (Å²) in [6.07, 6.45) is 67.2. The van der Waals surface area contributed by atoms with Crippen LogP contribution in [-0.4, -0.2) is 37.2 Å². The number of carbonyl (C=O) groups is 3. The summed E-state index contributed by atoms with van der Waals surface area (Å²) in [4.78, 5) is 38.0. The van der Waals surface area contributed by atoms with Crippen molar-refractivity contribution in [2.45, 2.75) is 322 Å². The smallest absolute Gasteiger partial charge is 0.306 e. The highest BCUT2D eigenvalue weighted by Crippen LogP contribution is 2.16. The largest absolute Gasteiger partial charge is 0.462 e. The van der Waals surface area contributed by atoms with Crippen molar-refractivity contribution in [3.05, 3.63) is 36.5 Å². The van der Waals surface area contributed by atoms with E-state index in [1.807, 2.05) is 0 Å². The Morgan fingerprint density at radius 1 is 0.299 bits per heavy atom. The van der Waals surface area contributed by atoms with Gasteiger partial charge in [-0.1, -0.05) is 256 Å². The first kappa shape index (κ1) is 64.6. The van der Waals surface area contributed by atoms with Crippen LogP contribution in [0.4, 0.5) is 0 Å². The Labute approximate surface area is 416 Å². The van der Waals surface area contributed by atoms with Crippen LogP contribution in [0.15, 0.2) is 36.5 Å². The third-order valence-corrected chi connectivity index (χ3v) is 13.1. The van der Waals surface area contributed by atoms with Crippen LogP contribution in [0.25, 0.3) is 0 Å². The summed E-state index contributed by atoms with van der Waals surface area (Å²) < 4.78 is 16.8. The zero-order chi connectivity index (χ0) is 48.6. The molecule has 1 unspecified atom stereocenters. The van der Waals surface area contributed by atoms with Crippen LogP contribution in [0.1, 0.15) is 316 Å². The average molecular weight is 942 g/mol. The van der Waals surface area contributed by atoms with E-state index in [1.54, 1.807) is 0 Å². The fourth-order valence-electron chi connectivity index (χ4n) is 8.65. The molecule has 0 radical (unpaired) electrons. The Bertz CT molecular complexity index is 1130. The summed E-state index contributed by atoms with van der Waals surface area (Å²) in [6.45, 7) is 6.63. The zero-order valence-electron chi connectivity index (χ0n) is 44.9. The minimum Gasteiger partial charge on any atom is -0.462 e. The molecule has 0 aromatic heterocycles. The van der Waals surface area contributed by atoms with Gasteiger partial charge >= 0.3 is 17.9 Å². The van der Waals surface area contributed by atoms with Gasteiger partial charge < -0.3 is 14.2 Å². The SMILES string of the molecule is CCCCC/C=C\C/C=C\CCCCCCCCCC(=O)OC(COC(=O)CCCCCCCCCCC)COC(=O)CCCCCCCCCCCCC/C=C\CCCCCCCCCC. The van der Waals surface area contributed by atoms with Gasteiger partial charge in [0, 0.05) is 19.3 Å². The molecule has 392 valence electrons. The number of carbonyl (C=O) groups excluding carboxylic acids is 3. The molecule has 0 aromatic carbocycles. The summed E-state index contributed by atoms with van der Waals surface area (Å²) >= 11 is 0. The molecule has 0 aliphatic carbocycles. The van der Waals surface area contributed by atoms with E-state index in [-0.39, 0.29) is 31.1 Å². The van der Waals surface area contributed by atoms with Gasteiger partial charge in [0.25, 0.3) is 0 Å². The van der Waals surface area contributed by atoms with Crippen LogP contribution in [-0.2, 0) is 28.6 Å². The summed E-state index contributed by atoms with van der Waals surface area (Å²) in [5, 5.41) is 0. The van der Waals surface area contributed by atoms with E-state index in [0.717, 1.165) is 70.6 Å². The lowest BCUT2D eigenvalue weighted by Crippen LogP contribution is -2.30. The number of esters is 3. The van der Waals surface area contributed by atoms with E-state index in [0.29, 0.717) is 19.3 Å². The van der Waals surface area contributed by atoms with Crippen molar-refractivity contribution in [3.63, 3.8) is 0 Å². The second kappa shape index (κ2) is 56.2. The number of hydrogen-bond donors (Lipinski definition) is 0. The third-order valence-electron chi connectivity index (χ3n) is 13.1. The molecule has 0 N–H and O–H groups in total. The molecule has 0 saturated heterocycles. The second-order valence-electron chi connectivity index (χ2n) is 19.9. The van der Waals surface area contributed by atoms with Crippen LogP contribution >= 0.6 is 0 Å². The van der Waals surface area contributed by atoms with Crippen molar-refractivity contribution in [3.8, 4) is 0 Å². The summed E-state index contributed by atoms with van der Waals surface area (Å²) in [7, 11) is 0. The van der Waals surface area contributed by atoms with Crippen molar-refractivity contribution in [1.82, 2.24) is 0 Å². The van der Waals surface area contributed by atoms with E-state index in [1.165, 1.54) is 205 Å². The van der Waals surface area contributed by atoms with Crippen LogP contribution in [0, 0.1) is 0 Å². The maximum atomic E-state index is 12.8. The lowest BCUT2D eigenvalue weighted by atomic mass is 10.0. The molecule has 0 bridgehead atoms. The van der Waals surface area contributed by atoms with Crippen LogP contribution in [0.2, 0.25) is 0 Å². The van der Waals surface area contributed by atoms with Gasteiger partial charge in [-0.05, 0) is 77.0 Å². The van der Waals surface area contributed by atoms with E-state index >= 15 is 0 Å². The molecule has 1 atom stereocenters. The van der Waals surface area contributed by atoms with E-state index in [4.69, 9.17) is 14.2 Å². The minimum absolute atomic E-state index is 0.0724. The van der Waals surface area contributed by atoms with Gasteiger partial charge in [-0.25, -0.2) is 0 Å². The molecular weight excluding hydrogens is 829 g/mol. The molecule has 0 spiro atoms. The van der Waals surface area contributed by atoms with E-state index in [2.05, 4.69) is 57.2 Å². The topological polar surface area (TPSA) is 78.9 Å². The molecule has 0 fully saturated rings. The predicted octanol–water partition coefficient (Wildman–Crippen LogP) is 19.7. The van der Waals surface area contributed by atoms with Gasteiger partial charge in [0.05, 0.1) is 0 Å². The fraction of sp³-hybridized carbons (Fsp3) is 0.852. The molecule has 6 heteroatoms. The van der Waals surface area contributed by atoms with Gasteiger partial charge in [0.2, 0.25) is 0 Å². The van der Waals surface area contributed by atoms with Crippen LogP contribution in [0.3, 0.4) is 0 Å².